The average Bonchev–Trinajstić information content (AvgIpc) is 2.50. The van der Waals surface area contributed by atoms with Gasteiger partial charge in [-0.3, -0.25) is 4.79 Å². The lowest BCUT2D eigenvalue weighted by Crippen LogP contribution is -2.29. The monoisotopic (exact) mass is 331 g/mol. The number of hydrogen-bond acceptors (Lipinski definition) is 3. The number of rotatable bonds is 3. The summed E-state index contributed by atoms with van der Waals surface area (Å²) in [5.74, 6) is -5.60. The number of amides is 1. The van der Waals surface area contributed by atoms with E-state index in [0.717, 1.165) is 18.9 Å². The van der Waals surface area contributed by atoms with Gasteiger partial charge in [-0.2, -0.15) is 4.39 Å². The molecular formula is C16H20F3NO3. The predicted octanol–water partition coefficient (Wildman–Crippen LogP) is 3.99. The van der Waals surface area contributed by atoms with Gasteiger partial charge in [-0.25, -0.2) is 8.78 Å². The maximum atomic E-state index is 13.9. The minimum atomic E-state index is -1.69. The standard InChI is InChI=1S/C16H20F3NO3/c1-16(2,3)15(21)20-9-8-10(13(18)14(19)12(9)17)23-11-6-4-5-7-22-11/h8,11H,4-7H2,1-3H3,(H,20,21). The molecular weight excluding hydrogens is 311 g/mol. The second kappa shape index (κ2) is 6.78. The van der Waals surface area contributed by atoms with Crippen molar-refractivity contribution in [3.8, 4) is 5.75 Å². The first-order valence-electron chi connectivity index (χ1n) is 7.47. The summed E-state index contributed by atoms with van der Waals surface area (Å²) in [6.07, 6.45) is 1.52. The van der Waals surface area contributed by atoms with Gasteiger partial charge < -0.3 is 14.8 Å². The fourth-order valence-corrected chi connectivity index (χ4v) is 2.01. The largest absolute Gasteiger partial charge is 0.462 e. The fourth-order valence-electron chi connectivity index (χ4n) is 2.01. The highest BCUT2D eigenvalue weighted by Crippen LogP contribution is 2.31. The average molecular weight is 331 g/mol. The summed E-state index contributed by atoms with van der Waals surface area (Å²) in [5, 5.41) is 2.25. The predicted molar refractivity (Wildman–Crippen MR) is 78.6 cm³/mol. The van der Waals surface area contributed by atoms with E-state index in [1.165, 1.54) is 0 Å². The van der Waals surface area contributed by atoms with Gasteiger partial charge in [0.05, 0.1) is 12.3 Å². The van der Waals surface area contributed by atoms with Gasteiger partial charge in [0.15, 0.2) is 23.7 Å². The van der Waals surface area contributed by atoms with Gasteiger partial charge in [0.2, 0.25) is 11.7 Å². The van der Waals surface area contributed by atoms with E-state index in [1.54, 1.807) is 20.8 Å². The number of benzene rings is 1. The molecule has 128 valence electrons. The molecule has 1 saturated heterocycles. The van der Waals surface area contributed by atoms with Gasteiger partial charge in [0, 0.05) is 17.9 Å². The van der Waals surface area contributed by atoms with E-state index < -0.39 is 46.5 Å². The van der Waals surface area contributed by atoms with Crippen LogP contribution >= 0.6 is 0 Å². The number of nitrogens with one attached hydrogen (secondary N) is 1. The van der Waals surface area contributed by atoms with Crippen molar-refractivity contribution in [1.82, 2.24) is 0 Å². The molecule has 0 radical (unpaired) electrons. The van der Waals surface area contributed by atoms with Crippen molar-refractivity contribution >= 4 is 11.6 Å². The Labute approximate surface area is 133 Å². The third-order valence-corrected chi connectivity index (χ3v) is 3.44. The van der Waals surface area contributed by atoms with Crippen molar-refractivity contribution < 1.29 is 27.4 Å². The lowest BCUT2D eigenvalue weighted by atomic mass is 9.95. The van der Waals surface area contributed by atoms with Crippen molar-refractivity contribution in [3.63, 3.8) is 0 Å². The molecule has 2 rings (SSSR count). The molecule has 1 N–H and O–H groups in total. The van der Waals surface area contributed by atoms with Crippen LogP contribution in [0.1, 0.15) is 40.0 Å². The smallest absolute Gasteiger partial charge is 0.229 e. The van der Waals surface area contributed by atoms with E-state index in [-0.39, 0.29) is 0 Å². The molecule has 1 fully saturated rings. The first-order chi connectivity index (χ1) is 10.7. The normalized spacial score (nSPS) is 18.6. The quantitative estimate of drug-likeness (QED) is 0.852. The molecule has 1 unspecified atom stereocenters. The molecule has 1 aromatic carbocycles. The van der Waals surface area contributed by atoms with Crippen molar-refractivity contribution in [2.45, 2.75) is 46.3 Å². The highest BCUT2D eigenvalue weighted by Gasteiger charge is 2.27. The number of carbonyl (C=O) groups excluding carboxylic acids is 1. The SMILES string of the molecule is CC(C)(C)C(=O)Nc1cc(OC2CCCCO2)c(F)c(F)c1F. The molecule has 0 aromatic heterocycles. The Morgan fingerprint density at radius 2 is 1.91 bits per heavy atom. The third kappa shape index (κ3) is 4.16. The van der Waals surface area contributed by atoms with Crippen LogP contribution in [0.15, 0.2) is 6.07 Å². The Bertz CT molecular complexity index is 593. The Balaban J connectivity index is 2.27. The topological polar surface area (TPSA) is 47.6 Å². The minimum Gasteiger partial charge on any atom is -0.462 e. The van der Waals surface area contributed by atoms with Gasteiger partial charge in [-0.1, -0.05) is 20.8 Å². The second-order valence-corrected chi connectivity index (χ2v) is 6.48. The molecule has 0 bridgehead atoms. The van der Waals surface area contributed by atoms with Gasteiger partial charge in [-0.15, -0.1) is 0 Å². The van der Waals surface area contributed by atoms with E-state index in [4.69, 9.17) is 9.47 Å². The summed E-state index contributed by atoms with van der Waals surface area (Å²) in [4.78, 5) is 11.9. The Kier molecular flexibility index (Phi) is 5.19. The second-order valence-electron chi connectivity index (χ2n) is 6.48. The first kappa shape index (κ1) is 17.6. The van der Waals surface area contributed by atoms with Crippen LogP contribution in [-0.4, -0.2) is 18.8 Å². The molecule has 23 heavy (non-hydrogen) atoms. The lowest BCUT2D eigenvalue weighted by Gasteiger charge is -2.24. The summed E-state index contributed by atoms with van der Waals surface area (Å²) >= 11 is 0. The van der Waals surface area contributed by atoms with E-state index in [1.807, 2.05) is 0 Å². The molecule has 1 amide bonds. The number of anilines is 1. The van der Waals surface area contributed by atoms with E-state index in [0.29, 0.717) is 13.0 Å². The molecule has 1 heterocycles. The molecule has 4 nitrogen and oxygen atoms in total. The minimum absolute atomic E-state index is 0.462. The molecule has 1 aliphatic rings. The third-order valence-electron chi connectivity index (χ3n) is 3.44. The Hall–Kier alpha value is -1.76. The van der Waals surface area contributed by atoms with Crippen molar-refractivity contribution in [3.05, 3.63) is 23.5 Å². The number of hydrogen-bond donors (Lipinski definition) is 1. The lowest BCUT2D eigenvalue weighted by molar-refractivity contribution is -0.123. The maximum absolute atomic E-state index is 13.9. The van der Waals surface area contributed by atoms with Crippen molar-refractivity contribution in [2.24, 2.45) is 5.41 Å². The van der Waals surface area contributed by atoms with Crippen LogP contribution in [0.5, 0.6) is 5.75 Å². The van der Waals surface area contributed by atoms with E-state index in [9.17, 15) is 18.0 Å². The molecule has 7 heteroatoms. The summed E-state index contributed by atoms with van der Waals surface area (Å²) in [5.41, 5.74) is -1.28. The molecule has 0 saturated carbocycles. The fraction of sp³-hybridized carbons (Fsp3) is 0.562. The molecule has 0 aliphatic carbocycles. The van der Waals surface area contributed by atoms with Gasteiger partial charge >= 0.3 is 0 Å². The first-order valence-corrected chi connectivity index (χ1v) is 7.47. The highest BCUT2D eigenvalue weighted by atomic mass is 19.2. The molecule has 1 aliphatic heterocycles. The van der Waals surface area contributed by atoms with Crippen LogP contribution in [0.2, 0.25) is 0 Å². The van der Waals surface area contributed by atoms with Crippen LogP contribution in [0, 0.1) is 22.9 Å². The zero-order valence-corrected chi connectivity index (χ0v) is 13.3. The van der Waals surface area contributed by atoms with Gasteiger partial charge in [-0.05, 0) is 12.8 Å². The zero-order valence-electron chi connectivity index (χ0n) is 13.3. The number of halogens is 3. The van der Waals surface area contributed by atoms with Crippen molar-refractivity contribution in [2.75, 3.05) is 11.9 Å². The summed E-state index contributed by atoms with van der Waals surface area (Å²) in [6.45, 7) is 5.32. The van der Waals surface area contributed by atoms with Crippen LogP contribution < -0.4 is 10.1 Å². The summed E-state index contributed by atoms with van der Waals surface area (Å²) in [6, 6.07) is 0.940. The van der Waals surface area contributed by atoms with Crippen LogP contribution in [-0.2, 0) is 9.53 Å². The van der Waals surface area contributed by atoms with Crippen LogP contribution in [0.4, 0.5) is 18.9 Å². The van der Waals surface area contributed by atoms with E-state index >= 15 is 0 Å². The molecule has 1 atom stereocenters. The number of carbonyl (C=O) groups is 1. The summed E-state index contributed by atoms with van der Waals surface area (Å²) in [7, 11) is 0. The van der Waals surface area contributed by atoms with E-state index in [2.05, 4.69) is 5.32 Å². The Morgan fingerprint density at radius 1 is 1.22 bits per heavy atom. The van der Waals surface area contributed by atoms with Crippen LogP contribution in [0.25, 0.3) is 0 Å². The van der Waals surface area contributed by atoms with Gasteiger partial charge in [0.1, 0.15) is 0 Å². The summed E-state index contributed by atoms with van der Waals surface area (Å²) < 4.78 is 52.0. The Morgan fingerprint density at radius 3 is 2.48 bits per heavy atom. The zero-order chi connectivity index (χ0) is 17.2. The van der Waals surface area contributed by atoms with Crippen molar-refractivity contribution in [1.29, 1.82) is 0 Å². The maximum Gasteiger partial charge on any atom is 0.229 e. The molecule has 1 aromatic rings. The molecule has 0 spiro atoms. The van der Waals surface area contributed by atoms with Gasteiger partial charge in [0.25, 0.3) is 0 Å². The highest BCUT2D eigenvalue weighted by molar-refractivity contribution is 5.94. The van der Waals surface area contributed by atoms with Crippen LogP contribution in [0.3, 0.4) is 0 Å². The number of ether oxygens (including phenoxy) is 2.